The van der Waals surface area contributed by atoms with Gasteiger partial charge in [0.25, 0.3) is 0 Å². The third-order valence-corrected chi connectivity index (χ3v) is 6.56. The molecule has 2 atom stereocenters. The van der Waals surface area contributed by atoms with Crippen molar-refractivity contribution in [2.24, 2.45) is 5.92 Å². The van der Waals surface area contributed by atoms with E-state index in [-0.39, 0.29) is 34.3 Å². The molecule has 9 heteroatoms. The molecule has 27 heavy (non-hydrogen) atoms. The number of methoxy groups -OCH3 is 1. The molecule has 7 nitrogen and oxygen atoms in total. The van der Waals surface area contributed by atoms with E-state index in [1.54, 1.807) is 13.2 Å². The van der Waals surface area contributed by atoms with Crippen LogP contribution in [0, 0.1) is 5.92 Å². The van der Waals surface area contributed by atoms with Crippen LogP contribution in [0.1, 0.15) is 26.7 Å². The number of hydrogen-bond acceptors (Lipinski definition) is 5. The zero-order chi connectivity index (χ0) is 20.0. The number of benzene rings is 1. The highest BCUT2D eigenvalue weighted by Crippen LogP contribution is 2.30. The molecular formula is C18H27ClN2O5S. The summed E-state index contributed by atoms with van der Waals surface area (Å²) in [4.78, 5) is 12.5. The first-order valence-corrected chi connectivity index (χ1v) is 10.8. The van der Waals surface area contributed by atoms with Gasteiger partial charge in [0, 0.05) is 26.2 Å². The van der Waals surface area contributed by atoms with Gasteiger partial charge in [0.15, 0.2) is 0 Å². The van der Waals surface area contributed by atoms with Crippen molar-refractivity contribution in [3.8, 4) is 5.75 Å². The predicted octanol–water partition coefficient (Wildman–Crippen LogP) is 2.29. The molecule has 1 aliphatic rings. The lowest BCUT2D eigenvalue weighted by Crippen LogP contribution is -2.47. The summed E-state index contributed by atoms with van der Waals surface area (Å²) in [6.45, 7) is 5.05. The minimum atomic E-state index is -3.73. The zero-order valence-electron chi connectivity index (χ0n) is 15.9. The summed E-state index contributed by atoms with van der Waals surface area (Å²) >= 11 is 6.14. The quantitative estimate of drug-likeness (QED) is 0.700. The van der Waals surface area contributed by atoms with Gasteiger partial charge in [-0.05, 0) is 44.9 Å². The molecule has 1 aromatic rings. The van der Waals surface area contributed by atoms with Crippen LogP contribution < -0.4 is 10.1 Å². The fraction of sp³-hybridized carbons (Fsp3) is 0.611. The van der Waals surface area contributed by atoms with E-state index in [4.69, 9.17) is 21.1 Å². The van der Waals surface area contributed by atoms with Crippen LogP contribution in [0.25, 0.3) is 0 Å². The van der Waals surface area contributed by atoms with E-state index in [2.05, 4.69) is 5.32 Å². The maximum atomic E-state index is 13.0. The molecule has 2 rings (SSSR count). The highest BCUT2D eigenvalue weighted by atomic mass is 35.5. The molecule has 1 aliphatic heterocycles. The van der Waals surface area contributed by atoms with Gasteiger partial charge in [-0.2, -0.15) is 4.31 Å². The molecule has 1 saturated heterocycles. The second kappa shape index (κ2) is 9.73. The first kappa shape index (κ1) is 21.9. The fourth-order valence-electron chi connectivity index (χ4n) is 3.09. The first-order valence-electron chi connectivity index (χ1n) is 9.01. The molecule has 152 valence electrons. The molecule has 0 spiro atoms. The molecule has 1 fully saturated rings. The van der Waals surface area contributed by atoms with Gasteiger partial charge < -0.3 is 14.8 Å². The SMILES string of the molecule is CCOc1ccc(S(=O)(=O)N2CCC[C@@H](C(=O)N[C@@H](C)COC)C2)cc1Cl. The monoisotopic (exact) mass is 418 g/mol. The number of ether oxygens (including phenoxy) is 2. The lowest BCUT2D eigenvalue weighted by atomic mass is 9.98. The number of piperidine rings is 1. The molecule has 1 aromatic carbocycles. The second-order valence-electron chi connectivity index (χ2n) is 6.59. The van der Waals surface area contributed by atoms with Crippen LogP contribution in [-0.4, -0.2) is 58.1 Å². The van der Waals surface area contributed by atoms with Crippen molar-refractivity contribution >= 4 is 27.5 Å². The van der Waals surface area contributed by atoms with Crippen LogP contribution in [0.5, 0.6) is 5.75 Å². The van der Waals surface area contributed by atoms with Gasteiger partial charge in [-0.15, -0.1) is 0 Å². The van der Waals surface area contributed by atoms with Crippen LogP contribution >= 0.6 is 11.6 Å². The van der Waals surface area contributed by atoms with Gasteiger partial charge in [-0.1, -0.05) is 11.6 Å². The molecule has 0 aromatic heterocycles. The summed E-state index contributed by atoms with van der Waals surface area (Å²) in [5, 5.41) is 3.12. The minimum Gasteiger partial charge on any atom is -0.492 e. The maximum Gasteiger partial charge on any atom is 0.243 e. The average Bonchev–Trinajstić information content (AvgIpc) is 2.63. The molecule has 0 bridgehead atoms. The number of carbonyl (C=O) groups excluding carboxylic acids is 1. The van der Waals surface area contributed by atoms with E-state index in [0.717, 1.165) is 0 Å². The van der Waals surface area contributed by atoms with E-state index in [9.17, 15) is 13.2 Å². The summed E-state index contributed by atoms with van der Waals surface area (Å²) in [5.74, 6) is -0.0867. The third-order valence-electron chi connectivity index (χ3n) is 4.40. The Kier molecular flexibility index (Phi) is 7.91. The van der Waals surface area contributed by atoms with Crippen molar-refractivity contribution in [3.63, 3.8) is 0 Å². The van der Waals surface area contributed by atoms with E-state index < -0.39 is 10.0 Å². The molecular weight excluding hydrogens is 392 g/mol. The van der Waals surface area contributed by atoms with Crippen LogP contribution in [0.15, 0.2) is 23.1 Å². The van der Waals surface area contributed by atoms with Crippen molar-refractivity contribution in [2.75, 3.05) is 33.4 Å². The number of nitrogens with zero attached hydrogens (tertiary/aromatic N) is 1. The zero-order valence-corrected chi connectivity index (χ0v) is 17.5. The van der Waals surface area contributed by atoms with E-state index in [1.807, 2.05) is 13.8 Å². The number of amides is 1. The number of nitrogens with one attached hydrogen (secondary N) is 1. The van der Waals surface area contributed by atoms with Crippen LogP contribution in [0.3, 0.4) is 0 Å². The normalized spacial score (nSPS) is 19.5. The number of hydrogen-bond donors (Lipinski definition) is 1. The van der Waals surface area contributed by atoms with Crippen molar-refractivity contribution < 1.29 is 22.7 Å². The van der Waals surface area contributed by atoms with E-state index in [0.29, 0.717) is 38.3 Å². The Morgan fingerprint density at radius 1 is 1.44 bits per heavy atom. The lowest BCUT2D eigenvalue weighted by Gasteiger charge is -2.31. The van der Waals surface area contributed by atoms with Crippen LogP contribution in [0.4, 0.5) is 0 Å². The number of halogens is 1. The molecule has 0 unspecified atom stereocenters. The van der Waals surface area contributed by atoms with Gasteiger partial charge in [0.2, 0.25) is 15.9 Å². The molecule has 0 radical (unpaired) electrons. The van der Waals surface area contributed by atoms with Gasteiger partial charge in [0.1, 0.15) is 5.75 Å². The van der Waals surface area contributed by atoms with Gasteiger partial charge in [-0.3, -0.25) is 4.79 Å². The van der Waals surface area contributed by atoms with Gasteiger partial charge in [0.05, 0.1) is 29.0 Å². The second-order valence-corrected chi connectivity index (χ2v) is 8.94. The third kappa shape index (κ3) is 5.57. The number of carbonyl (C=O) groups is 1. The number of sulfonamides is 1. The summed E-state index contributed by atoms with van der Waals surface area (Å²) in [5.41, 5.74) is 0. The summed E-state index contributed by atoms with van der Waals surface area (Å²) in [7, 11) is -2.16. The summed E-state index contributed by atoms with van der Waals surface area (Å²) < 4.78 is 37.7. The molecule has 1 N–H and O–H groups in total. The van der Waals surface area contributed by atoms with E-state index >= 15 is 0 Å². The molecule has 0 saturated carbocycles. The topological polar surface area (TPSA) is 84.9 Å². The Morgan fingerprint density at radius 2 is 2.19 bits per heavy atom. The Balaban J connectivity index is 2.12. The highest BCUT2D eigenvalue weighted by molar-refractivity contribution is 7.89. The maximum absolute atomic E-state index is 13.0. The average molecular weight is 419 g/mol. The van der Waals surface area contributed by atoms with Gasteiger partial charge in [-0.25, -0.2) is 8.42 Å². The summed E-state index contributed by atoms with van der Waals surface area (Å²) in [6, 6.07) is 4.31. The van der Waals surface area contributed by atoms with Crippen LogP contribution in [0.2, 0.25) is 5.02 Å². The van der Waals surface area contributed by atoms with Crippen molar-refractivity contribution in [3.05, 3.63) is 23.2 Å². The number of rotatable bonds is 8. The Bertz CT molecular complexity index is 756. The predicted molar refractivity (Wildman–Crippen MR) is 104 cm³/mol. The van der Waals surface area contributed by atoms with Gasteiger partial charge >= 0.3 is 0 Å². The highest BCUT2D eigenvalue weighted by Gasteiger charge is 2.34. The van der Waals surface area contributed by atoms with Crippen molar-refractivity contribution in [1.82, 2.24) is 9.62 Å². The standard InChI is InChI=1S/C18H27ClN2O5S/c1-4-26-17-8-7-15(10-16(17)19)27(23,24)21-9-5-6-14(11-21)18(22)20-13(2)12-25-3/h7-8,10,13-14H,4-6,9,11-12H2,1-3H3,(H,20,22)/t13-,14+/m0/s1. The first-order chi connectivity index (χ1) is 12.8. The fourth-order valence-corrected chi connectivity index (χ4v) is 4.94. The largest absolute Gasteiger partial charge is 0.492 e. The van der Waals surface area contributed by atoms with Crippen LogP contribution in [-0.2, 0) is 19.6 Å². The van der Waals surface area contributed by atoms with Crippen molar-refractivity contribution in [2.45, 2.75) is 37.6 Å². The Hall–Kier alpha value is -1.35. The molecule has 1 heterocycles. The van der Waals surface area contributed by atoms with Crippen molar-refractivity contribution in [1.29, 1.82) is 0 Å². The summed E-state index contributed by atoms with van der Waals surface area (Å²) in [6.07, 6.45) is 1.28. The smallest absolute Gasteiger partial charge is 0.243 e. The Morgan fingerprint density at radius 3 is 2.81 bits per heavy atom. The lowest BCUT2D eigenvalue weighted by molar-refractivity contribution is -0.127. The molecule has 1 amide bonds. The minimum absolute atomic E-state index is 0.102. The molecule has 0 aliphatic carbocycles. The Labute approximate surface area is 166 Å². The van der Waals surface area contributed by atoms with E-state index in [1.165, 1.54) is 16.4 Å².